The SMILES string of the molecule is CC(C)CN(C[C@@H](O)C(Cc1ccccc1)N(NC(=O)OCc1ccccc1)C(=O)CC(C)(C)C)S(=O)(=O)c1ccc2ncsc2c1. The first-order valence-corrected chi connectivity index (χ1v) is 17.9. The summed E-state index contributed by atoms with van der Waals surface area (Å²) < 4.78 is 35.6. The van der Waals surface area contributed by atoms with Crippen molar-refractivity contribution in [1.29, 1.82) is 0 Å². The molecule has 47 heavy (non-hydrogen) atoms. The van der Waals surface area contributed by atoms with Crippen molar-refractivity contribution in [2.45, 2.75) is 71.1 Å². The minimum atomic E-state index is -4.07. The number of carbonyl (C=O) groups excluding carboxylic acids is 2. The van der Waals surface area contributed by atoms with Gasteiger partial charge >= 0.3 is 6.09 Å². The van der Waals surface area contributed by atoms with Crippen LogP contribution in [-0.4, -0.2) is 65.1 Å². The van der Waals surface area contributed by atoms with Crippen LogP contribution in [0.3, 0.4) is 0 Å². The smallest absolute Gasteiger partial charge is 0.426 e. The number of benzene rings is 3. The van der Waals surface area contributed by atoms with Crippen molar-refractivity contribution in [3.05, 3.63) is 95.5 Å². The van der Waals surface area contributed by atoms with Gasteiger partial charge in [-0.2, -0.15) is 4.31 Å². The Bertz CT molecular complexity index is 1720. The highest BCUT2D eigenvalue weighted by Crippen LogP contribution is 2.27. The molecule has 0 aliphatic carbocycles. The Morgan fingerprint density at radius 2 is 1.60 bits per heavy atom. The number of rotatable bonds is 13. The minimum absolute atomic E-state index is 0.0234. The predicted molar refractivity (Wildman–Crippen MR) is 184 cm³/mol. The third-order valence-electron chi connectivity index (χ3n) is 7.34. The summed E-state index contributed by atoms with van der Waals surface area (Å²) >= 11 is 1.34. The van der Waals surface area contributed by atoms with Crippen LogP contribution in [-0.2, 0) is 32.6 Å². The molecule has 2 amide bonds. The predicted octanol–water partition coefficient (Wildman–Crippen LogP) is 6.02. The molecule has 0 fully saturated rings. The van der Waals surface area contributed by atoms with Crippen LogP contribution in [0.5, 0.6) is 0 Å². The Kier molecular flexibility index (Phi) is 12.1. The van der Waals surface area contributed by atoms with E-state index in [2.05, 4.69) is 10.4 Å². The van der Waals surface area contributed by atoms with E-state index in [9.17, 15) is 23.1 Å². The number of aliphatic hydroxyl groups is 1. The zero-order chi connectivity index (χ0) is 34.2. The maximum absolute atomic E-state index is 14.1. The summed E-state index contributed by atoms with van der Waals surface area (Å²) in [6.45, 7) is 9.27. The van der Waals surface area contributed by atoms with Crippen molar-refractivity contribution in [2.24, 2.45) is 11.3 Å². The van der Waals surface area contributed by atoms with Crippen LogP contribution in [0, 0.1) is 11.3 Å². The van der Waals surface area contributed by atoms with E-state index in [-0.39, 0.29) is 43.4 Å². The number of thiazole rings is 1. The van der Waals surface area contributed by atoms with Gasteiger partial charge in [0.1, 0.15) is 6.61 Å². The molecular formula is C35H44N4O6S2. The third-order valence-corrected chi connectivity index (χ3v) is 9.96. The molecule has 10 nitrogen and oxygen atoms in total. The van der Waals surface area contributed by atoms with Crippen LogP contribution in [0.15, 0.2) is 89.3 Å². The average Bonchev–Trinajstić information content (AvgIpc) is 3.49. The first kappa shape index (κ1) is 36.0. The molecule has 252 valence electrons. The van der Waals surface area contributed by atoms with Crippen LogP contribution >= 0.6 is 11.3 Å². The number of hydrogen-bond donors (Lipinski definition) is 2. The monoisotopic (exact) mass is 680 g/mol. The molecular weight excluding hydrogens is 637 g/mol. The zero-order valence-electron chi connectivity index (χ0n) is 27.5. The van der Waals surface area contributed by atoms with Gasteiger partial charge in [-0.1, -0.05) is 95.3 Å². The number of sulfonamides is 1. The minimum Gasteiger partial charge on any atom is -0.443 e. The average molecular weight is 681 g/mol. The number of nitrogens with one attached hydrogen (secondary N) is 1. The van der Waals surface area contributed by atoms with Crippen molar-refractivity contribution in [3.63, 3.8) is 0 Å². The number of aliphatic hydroxyl groups excluding tert-OH is 1. The molecule has 4 rings (SSSR count). The summed E-state index contributed by atoms with van der Waals surface area (Å²) in [5, 5.41) is 13.1. The van der Waals surface area contributed by atoms with Crippen LogP contribution < -0.4 is 5.43 Å². The van der Waals surface area contributed by atoms with Gasteiger partial charge in [0.05, 0.1) is 32.8 Å². The number of nitrogens with zero attached hydrogens (tertiary/aromatic N) is 3. The molecule has 0 bridgehead atoms. The summed E-state index contributed by atoms with van der Waals surface area (Å²) in [6, 6.07) is 22.1. The maximum atomic E-state index is 14.1. The molecule has 1 aromatic heterocycles. The Morgan fingerprint density at radius 1 is 0.957 bits per heavy atom. The van der Waals surface area contributed by atoms with Gasteiger partial charge in [-0.05, 0) is 47.1 Å². The number of hydrogen-bond acceptors (Lipinski definition) is 8. The summed E-state index contributed by atoms with van der Waals surface area (Å²) in [6.07, 6.45) is -2.08. The molecule has 0 spiro atoms. The summed E-state index contributed by atoms with van der Waals surface area (Å²) in [7, 11) is -4.07. The Labute approximate surface area is 281 Å². The van der Waals surface area contributed by atoms with Crippen LogP contribution in [0.4, 0.5) is 4.79 Å². The topological polar surface area (TPSA) is 129 Å². The highest BCUT2D eigenvalue weighted by molar-refractivity contribution is 7.89. The first-order valence-electron chi connectivity index (χ1n) is 15.6. The largest absolute Gasteiger partial charge is 0.443 e. The second kappa shape index (κ2) is 15.8. The molecule has 0 aliphatic rings. The number of ether oxygens (including phenoxy) is 1. The molecule has 2 atom stereocenters. The summed E-state index contributed by atoms with van der Waals surface area (Å²) in [4.78, 5) is 31.4. The lowest BCUT2D eigenvalue weighted by Crippen LogP contribution is -2.59. The van der Waals surface area contributed by atoms with Gasteiger partial charge in [0.25, 0.3) is 0 Å². The van der Waals surface area contributed by atoms with E-state index in [4.69, 9.17) is 4.74 Å². The molecule has 1 unspecified atom stereocenters. The van der Waals surface area contributed by atoms with E-state index in [1.54, 1.807) is 17.6 Å². The molecule has 4 aromatic rings. The maximum Gasteiger partial charge on any atom is 0.426 e. The molecule has 0 saturated heterocycles. The van der Waals surface area contributed by atoms with Crippen molar-refractivity contribution in [3.8, 4) is 0 Å². The van der Waals surface area contributed by atoms with Crippen molar-refractivity contribution >= 4 is 43.6 Å². The van der Waals surface area contributed by atoms with Crippen molar-refractivity contribution in [1.82, 2.24) is 19.7 Å². The fraction of sp³-hybridized carbons (Fsp3) is 0.400. The number of hydrazine groups is 1. The standard InChI is InChI=1S/C35H44N4O6S2/c1-25(2)21-38(47(43,44)28-16-17-29-32(19-28)46-24-36-29)22-31(40)30(18-26-12-8-6-9-13-26)39(33(41)20-35(3,4)5)37-34(42)45-23-27-14-10-7-11-15-27/h6-17,19,24-25,30-31,40H,18,20-23H2,1-5H3,(H,37,42)/t30?,31-/m1/s1. The third kappa shape index (κ3) is 10.3. The Morgan fingerprint density at radius 3 is 2.21 bits per heavy atom. The molecule has 0 saturated carbocycles. The Hall–Kier alpha value is -3.84. The van der Waals surface area contributed by atoms with Gasteiger partial charge in [0.2, 0.25) is 15.9 Å². The molecule has 1 heterocycles. The fourth-order valence-electron chi connectivity index (χ4n) is 5.13. The molecule has 12 heteroatoms. The molecule has 0 radical (unpaired) electrons. The number of aromatic nitrogens is 1. The second-order valence-electron chi connectivity index (χ2n) is 13.2. The molecule has 2 N–H and O–H groups in total. The van der Waals surface area contributed by atoms with Crippen molar-refractivity contribution in [2.75, 3.05) is 13.1 Å². The van der Waals surface area contributed by atoms with Gasteiger partial charge in [0, 0.05) is 19.5 Å². The van der Waals surface area contributed by atoms with E-state index in [1.165, 1.54) is 21.7 Å². The normalized spacial score (nSPS) is 13.4. The van der Waals surface area contributed by atoms with E-state index in [1.807, 2.05) is 95.3 Å². The lowest BCUT2D eigenvalue weighted by atomic mass is 9.91. The van der Waals surface area contributed by atoms with Gasteiger partial charge < -0.3 is 9.84 Å². The number of fused-ring (bicyclic) bond motifs is 1. The summed E-state index contributed by atoms with van der Waals surface area (Å²) in [5.74, 6) is -0.510. The summed E-state index contributed by atoms with van der Waals surface area (Å²) in [5.41, 5.74) is 6.07. The van der Waals surface area contributed by atoms with Gasteiger partial charge in [-0.25, -0.2) is 28.6 Å². The van der Waals surface area contributed by atoms with Crippen LogP contribution in [0.25, 0.3) is 10.2 Å². The van der Waals surface area contributed by atoms with Gasteiger partial charge in [-0.15, -0.1) is 11.3 Å². The van der Waals surface area contributed by atoms with E-state index in [0.717, 1.165) is 20.8 Å². The number of amides is 2. The van der Waals surface area contributed by atoms with Gasteiger partial charge in [-0.3, -0.25) is 4.79 Å². The van der Waals surface area contributed by atoms with E-state index >= 15 is 0 Å². The van der Waals surface area contributed by atoms with Crippen molar-refractivity contribution < 1.29 is 27.9 Å². The highest BCUT2D eigenvalue weighted by Gasteiger charge is 2.37. The highest BCUT2D eigenvalue weighted by atomic mass is 32.2. The quantitative estimate of drug-likeness (QED) is 0.165. The molecule has 0 aliphatic heterocycles. The Balaban J connectivity index is 1.68. The van der Waals surface area contributed by atoms with Crippen LogP contribution in [0.1, 0.15) is 52.2 Å². The second-order valence-corrected chi connectivity index (χ2v) is 16.0. The number of carbonyl (C=O) groups is 2. The molecule has 3 aromatic carbocycles. The first-order chi connectivity index (χ1) is 22.2. The lowest BCUT2D eigenvalue weighted by molar-refractivity contribution is -0.142. The van der Waals surface area contributed by atoms with Crippen LogP contribution in [0.2, 0.25) is 0 Å². The lowest BCUT2D eigenvalue weighted by Gasteiger charge is -2.37. The fourth-order valence-corrected chi connectivity index (χ4v) is 7.57. The van der Waals surface area contributed by atoms with Gasteiger partial charge in [0.15, 0.2) is 0 Å². The zero-order valence-corrected chi connectivity index (χ0v) is 29.1. The van der Waals surface area contributed by atoms with E-state index in [0.29, 0.717) is 5.52 Å². The van der Waals surface area contributed by atoms with E-state index < -0.39 is 39.6 Å².